The molecule has 4 bridgehead atoms. The Bertz CT molecular complexity index is 1520. The monoisotopic (exact) mass is 595 g/mol. The summed E-state index contributed by atoms with van der Waals surface area (Å²) in [4.78, 5) is 21.9. The van der Waals surface area contributed by atoms with E-state index in [4.69, 9.17) is 21.2 Å². The lowest BCUT2D eigenvalue weighted by atomic mass is 9.68. The Kier molecular flexibility index (Phi) is 6.77. The molecule has 6 atom stereocenters. The predicted molar refractivity (Wildman–Crippen MR) is 165 cm³/mol. The highest BCUT2D eigenvalue weighted by atomic mass is 35.5. The Labute approximate surface area is 247 Å². The van der Waals surface area contributed by atoms with Crippen LogP contribution in [0.1, 0.15) is 73.4 Å². The largest absolute Gasteiger partial charge is 0.490 e. The molecule has 5 aliphatic rings. The second kappa shape index (κ2) is 10.2. The number of carbonyl (C=O) groups is 1. The van der Waals surface area contributed by atoms with Crippen molar-refractivity contribution < 1.29 is 18.6 Å². The van der Waals surface area contributed by atoms with Gasteiger partial charge in [-0.3, -0.25) is 9.52 Å². The van der Waals surface area contributed by atoms with Crippen LogP contribution in [0.3, 0.4) is 0 Å². The van der Waals surface area contributed by atoms with E-state index in [0.29, 0.717) is 36.8 Å². The third kappa shape index (κ3) is 4.91. The molecule has 9 heteroatoms. The SMILES string of the molecule is C=S1(=O)NC(=O)c2ccc3c(c2)N(C[C@@H]2CC[C@H]2[C@@H]2CC(=NO2)CC[C@H]1C)C[C@@]1(CCCc2cc(Cl)ccc21)CO3. The van der Waals surface area contributed by atoms with Gasteiger partial charge in [-0.15, -0.1) is 0 Å². The number of nitrogens with one attached hydrogen (secondary N) is 1. The molecule has 0 aromatic heterocycles. The summed E-state index contributed by atoms with van der Waals surface area (Å²) < 4.78 is 22.9. The number of hydrogen-bond donors (Lipinski definition) is 1. The van der Waals surface area contributed by atoms with Crippen molar-refractivity contribution in [3.05, 3.63) is 58.1 Å². The third-order valence-electron chi connectivity index (χ3n) is 10.2. The summed E-state index contributed by atoms with van der Waals surface area (Å²) in [6, 6.07) is 11.9. The Balaban J connectivity index is 1.29. The molecule has 218 valence electrons. The molecule has 41 heavy (non-hydrogen) atoms. The minimum Gasteiger partial charge on any atom is -0.490 e. The molecule has 0 saturated heterocycles. The first-order chi connectivity index (χ1) is 19.7. The maximum Gasteiger partial charge on any atom is 0.262 e. The fourth-order valence-corrected chi connectivity index (χ4v) is 8.88. The lowest BCUT2D eigenvalue weighted by Gasteiger charge is -2.45. The number of amides is 1. The molecule has 1 amide bonds. The number of carbonyl (C=O) groups excluding carboxylic acids is 1. The van der Waals surface area contributed by atoms with Crippen LogP contribution in [0.4, 0.5) is 5.69 Å². The van der Waals surface area contributed by atoms with Gasteiger partial charge in [0, 0.05) is 46.7 Å². The molecule has 3 heterocycles. The van der Waals surface area contributed by atoms with Crippen LogP contribution in [0, 0.1) is 11.8 Å². The van der Waals surface area contributed by atoms with Gasteiger partial charge in [0.1, 0.15) is 11.9 Å². The van der Waals surface area contributed by atoms with E-state index in [0.717, 1.165) is 73.8 Å². The van der Waals surface area contributed by atoms with Crippen molar-refractivity contribution in [1.29, 1.82) is 0 Å². The molecule has 0 radical (unpaired) electrons. The maximum atomic E-state index is 13.5. The molecule has 1 spiro atoms. The lowest BCUT2D eigenvalue weighted by molar-refractivity contribution is -0.0213. The summed E-state index contributed by atoms with van der Waals surface area (Å²) in [5.74, 6) is 5.25. The zero-order valence-corrected chi connectivity index (χ0v) is 25.1. The highest BCUT2D eigenvalue weighted by Gasteiger charge is 2.46. The second-order valence-corrected chi connectivity index (χ2v) is 15.7. The van der Waals surface area contributed by atoms with Crippen LogP contribution >= 0.6 is 11.6 Å². The number of halogens is 1. The van der Waals surface area contributed by atoms with E-state index in [1.807, 2.05) is 25.1 Å². The van der Waals surface area contributed by atoms with Crippen LogP contribution in [-0.2, 0) is 26.4 Å². The highest BCUT2D eigenvalue weighted by molar-refractivity contribution is 7.99. The van der Waals surface area contributed by atoms with Crippen LogP contribution in [0.5, 0.6) is 5.75 Å². The summed E-state index contributed by atoms with van der Waals surface area (Å²) in [5.41, 5.74) is 4.85. The summed E-state index contributed by atoms with van der Waals surface area (Å²) in [6.07, 6.45) is 7.64. The number of benzene rings is 2. The van der Waals surface area contributed by atoms with Crippen molar-refractivity contribution in [2.45, 2.75) is 75.1 Å². The van der Waals surface area contributed by atoms with Gasteiger partial charge in [-0.2, -0.15) is 0 Å². The number of anilines is 1. The average molecular weight is 596 g/mol. The van der Waals surface area contributed by atoms with Crippen molar-refractivity contribution in [1.82, 2.24) is 4.72 Å². The van der Waals surface area contributed by atoms with Crippen LogP contribution in [-0.4, -0.2) is 52.7 Å². The smallest absolute Gasteiger partial charge is 0.262 e. The van der Waals surface area contributed by atoms with Crippen molar-refractivity contribution in [2.24, 2.45) is 17.0 Å². The zero-order valence-electron chi connectivity index (χ0n) is 23.6. The number of hydrogen-bond acceptors (Lipinski definition) is 6. The van der Waals surface area contributed by atoms with Gasteiger partial charge < -0.3 is 14.5 Å². The first-order valence-electron chi connectivity index (χ1n) is 14.9. The van der Waals surface area contributed by atoms with Crippen molar-refractivity contribution >= 4 is 44.5 Å². The predicted octanol–water partition coefficient (Wildman–Crippen LogP) is 5.53. The fourth-order valence-electron chi connectivity index (χ4n) is 7.55. The molecule has 1 unspecified atom stereocenters. The Hall–Kier alpha value is -2.71. The van der Waals surface area contributed by atoms with E-state index in [-0.39, 0.29) is 22.7 Å². The summed E-state index contributed by atoms with van der Waals surface area (Å²) in [6.45, 7) is 4.10. The van der Waals surface area contributed by atoms with Gasteiger partial charge in [0.2, 0.25) is 0 Å². The van der Waals surface area contributed by atoms with Gasteiger partial charge in [0.25, 0.3) is 5.91 Å². The van der Waals surface area contributed by atoms with Gasteiger partial charge in [-0.25, -0.2) is 4.21 Å². The van der Waals surface area contributed by atoms with Crippen molar-refractivity contribution in [3.63, 3.8) is 0 Å². The van der Waals surface area contributed by atoms with Crippen LogP contribution in [0.15, 0.2) is 41.6 Å². The molecule has 2 aromatic carbocycles. The Morgan fingerprint density at radius 1 is 1.17 bits per heavy atom. The lowest BCUT2D eigenvalue weighted by Crippen LogP contribution is -2.49. The van der Waals surface area contributed by atoms with Crippen molar-refractivity contribution in [2.75, 3.05) is 24.6 Å². The molecule has 1 saturated carbocycles. The number of aryl methyl sites for hydroxylation is 1. The first-order valence-corrected chi connectivity index (χ1v) is 17.1. The molecule has 1 N–H and O–H groups in total. The highest BCUT2D eigenvalue weighted by Crippen LogP contribution is 2.47. The van der Waals surface area contributed by atoms with Crippen LogP contribution in [0.25, 0.3) is 0 Å². The van der Waals surface area contributed by atoms with E-state index in [9.17, 15) is 9.00 Å². The van der Waals surface area contributed by atoms with Gasteiger partial charge in [0.05, 0.1) is 27.7 Å². The standard InChI is InChI=1S/C32H38ClN3O4S/c1-20-5-9-25-16-30(40-34-25)26-10-6-23(26)17-36-18-32(13-3-4-21-14-24(33)8-11-27(21)32)19-39-29-12-7-22(15-28(29)36)31(37)35-41(20,2)38/h7-8,11-12,14-15,20,23,26,30H,2-6,9-10,13,16-19H2,1H3,(H,35,37,38)/t20-,23+,26-,30+,32+,41?/m1/s1. The quantitative estimate of drug-likeness (QED) is 0.405. The minimum absolute atomic E-state index is 0.0938. The van der Waals surface area contributed by atoms with E-state index >= 15 is 0 Å². The Morgan fingerprint density at radius 3 is 2.88 bits per heavy atom. The molecule has 3 aliphatic heterocycles. The molecule has 7 rings (SSSR count). The minimum atomic E-state index is -2.87. The molecule has 2 aliphatic carbocycles. The summed E-state index contributed by atoms with van der Waals surface area (Å²) in [5, 5.41) is 4.91. The van der Waals surface area contributed by atoms with E-state index in [1.54, 1.807) is 6.07 Å². The topological polar surface area (TPSA) is 80.2 Å². The van der Waals surface area contributed by atoms with E-state index in [1.165, 1.54) is 11.1 Å². The van der Waals surface area contributed by atoms with Gasteiger partial charge >= 0.3 is 0 Å². The number of rotatable bonds is 0. The number of fused-ring (bicyclic) bond motifs is 7. The summed E-state index contributed by atoms with van der Waals surface area (Å²) >= 11 is 6.41. The van der Waals surface area contributed by atoms with Crippen LogP contribution < -0.4 is 14.4 Å². The fraction of sp³-hybridized carbons (Fsp3) is 0.531. The first kappa shape index (κ1) is 27.1. The molecular formula is C32H38ClN3O4S. The normalized spacial score (nSPS) is 34.6. The second-order valence-electron chi connectivity index (χ2n) is 12.8. The molecular weight excluding hydrogens is 558 g/mol. The van der Waals surface area contributed by atoms with Gasteiger partial charge in [-0.05, 0) is 105 Å². The average Bonchev–Trinajstić information content (AvgIpc) is 3.32. The molecule has 2 aromatic rings. The van der Waals surface area contributed by atoms with E-state index in [2.05, 4.69) is 32.8 Å². The van der Waals surface area contributed by atoms with E-state index < -0.39 is 9.71 Å². The number of ether oxygens (including phenoxy) is 1. The van der Waals surface area contributed by atoms with Crippen LogP contribution in [0.2, 0.25) is 5.02 Å². The third-order valence-corrected chi connectivity index (χ3v) is 12.5. The van der Waals surface area contributed by atoms with Gasteiger partial charge in [0.15, 0.2) is 0 Å². The summed E-state index contributed by atoms with van der Waals surface area (Å²) in [7, 11) is -2.87. The Morgan fingerprint density at radius 2 is 2.05 bits per heavy atom. The molecule has 1 fully saturated rings. The number of nitrogens with zero attached hydrogens (tertiary/aromatic N) is 2. The van der Waals surface area contributed by atoms with Gasteiger partial charge in [-0.1, -0.05) is 22.8 Å². The van der Waals surface area contributed by atoms with Crippen molar-refractivity contribution in [3.8, 4) is 5.75 Å². The number of oxime groups is 1. The zero-order chi connectivity index (χ0) is 28.4. The molecule has 7 nitrogen and oxygen atoms in total. The maximum absolute atomic E-state index is 13.5.